The Bertz CT molecular complexity index is 930. The van der Waals surface area contributed by atoms with E-state index in [1.54, 1.807) is 19.1 Å². The van der Waals surface area contributed by atoms with Crippen molar-refractivity contribution in [2.45, 2.75) is 17.3 Å². The fourth-order valence-corrected chi connectivity index (χ4v) is 2.98. The van der Waals surface area contributed by atoms with Crippen LogP contribution in [0.3, 0.4) is 0 Å². The summed E-state index contributed by atoms with van der Waals surface area (Å²) in [6.07, 6.45) is 0. The van der Waals surface area contributed by atoms with E-state index in [2.05, 4.69) is 20.8 Å². The molecule has 1 amide bonds. The molecule has 1 N–H and O–H groups in total. The minimum atomic E-state index is -0.566. The molecule has 0 fully saturated rings. The fraction of sp³-hybridized carbons (Fsp3) is 0.125. The maximum absolute atomic E-state index is 12.4. The number of nitrogens with one attached hydrogen (secondary N) is 1. The molecule has 0 aliphatic rings. The van der Waals surface area contributed by atoms with Crippen LogP contribution in [0.5, 0.6) is 0 Å². The highest BCUT2D eigenvalue weighted by Gasteiger charge is 2.22. The number of tetrazole rings is 1. The number of hydrogen-bond donors (Lipinski definition) is 1. The number of carbonyl (C=O) groups is 1. The number of nitrogens with zero attached hydrogens (tertiary/aromatic N) is 5. The van der Waals surface area contributed by atoms with E-state index in [1.165, 1.54) is 16.8 Å². The number of carbonyl (C=O) groups excluding carboxylic acids is 1. The van der Waals surface area contributed by atoms with Crippen LogP contribution in [0.25, 0.3) is 5.69 Å². The molecule has 0 bridgehead atoms. The Kier molecular flexibility index (Phi) is 5.23. The molecule has 1 heterocycles. The number of rotatable bonds is 6. The largest absolute Gasteiger partial charge is 0.319 e. The van der Waals surface area contributed by atoms with Crippen molar-refractivity contribution in [3.63, 3.8) is 0 Å². The number of amides is 1. The second-order valence-corrected chi connectivity index (χ2v) is 6.54. The molecule has 0 spiro atoms. The van der Waals surface area contributed by atoms with Gasteiger partial charge in [0.2, 0.25) is 11.1 Å². The zero-order chi connectivity index (χ0) is 18.5. The summed E-state index contributed by atoms with van der Waals surface area (Å²) in [6, 6.07) is 15.3. The summed E-state index contributed by atoms with van der Waals surface area (Å²) in [5.74, 6) is -0.382. The van der Waals surface area contributed by atoms with Gasteiger partial charge in [-0.25, -0.2) is 0 Å². The van der Waals surface area contributed by atoms with Crippen molar-refractivity contribution >= 4 is 29.0 Å². The van der Waals surface area contributed by atoms with E-state index in [4.69, 9.17) is 0 Å². The van der Waals surface area contributed by atoms with Gasteiger partial charge in [-0.15, -0.1) is 5.10 Å². The normalized spacial score (nSPS) is 11.7. The number of hydrogen-bond acceptors (Lipinski definition) is 7. The predicted octanol–water partition coefficient (Wildman–Crippen LogP) is 2.69. The first kappa shape index (κ1) is 17.5. The standard InChI is InChI=1S/C16H14N6O3S/c1-11(15(23)17-13-9-5-6-10-14(13)22(24)25)26-16-18-19-20-21(16)12-7-3-2-4-8-12/h2-11H,1H3,(H,17,23)/t11-/m0/s1. The third-order valence-corrected chi connectivity index (χ3v) is 4.48. The fourth-order valence-electron chi connectivity index (χ4n) is 2.17. The van der Waals surface area contributed by atoms with E-state index in [0.717, 1.165) is 17.4 Å². The zero-order valence-corrected chi connectivity index (χ0v) is 14.5. The molecular formula is C16H14N6O3S. The van der Waals surface area contributed by atoms with Crippen LogP contribution in [-0.2, 0) is 4.79 Å². The molecule has 0 saturated carbocycles. The van der Waals surface area contributed by atoms with Gasteiger partial charge in [0.05, 0.1) is 15.9 Å². The van der Waals surface area contributed by atoms with E-state index < -0.39 is 10.2 Å². The van der Waals surface area contributed by atoms with Crippen LogP contribution in [-0.4, -0.2) is 36.3 Å². The zero-order valence-electron chi connectivity index (χ0n) is 13.6. The number of anilines is 1. The minimum Gasteiger partial charge on any atom is -0.319 e. The van der Waals surface area contributed by atoms with Crippen LogP contribution in [0.2, 0.25) is 0 Å². The molecule has 1 aromatic heterocycles. The molecule has 1 atom stereocenters. The molecule has 132 valence electrons. The number of thioether (sulfide) groups is 1. The van der Waals surface area contributed by atoms with Crippen LogP contribution < -0.4 is 5.32 Å². The highest BCUT2D eigenvalue weighted by atomic mass is 32.2. The molecule has 0 unspecified atom stereocenters. The average Bonchev–Trinajstić information content (AvgIpc) is 3.10. The number of benzene rings is 2. The summed E-state index contributed by atoms with van der Waals surface area (Å²) in [7, 11) is 0. The monoisotopic (exact) mass is 370 g/mol. The van der Waals surface area contributed by atoms with Gasteiger partial charge >= 0.3 is 0 Å². The second kappa shape index (κ2) is 7.74. The van der Waals surface area contributed by atoms with Gasteiger partial charge in [0.25, 0.3) is 5.69 Å². The van der Waals surface area contributed by atoms with Gasteiger partial charge in [-0.3, -0.25) is 14.9 Å². The first-order valence-electron chi connectivity index (χ1n) is 7.61. The highest BCUT2D eigenvalue weighted by molar-refractivity contribution is 8.00. The third kappa shape index (κ3) is 3.86. The van der Waals surface area contributed by atoms with Crippen molar-refractivity contribution in [2.24, 2.45) is 0 Å². The molecule has 0 aliphatic heterocycles. The lowest BCUT2D eigenvalue weighted by Crippen LogP contribution is -2.23. The Labute approximate surface area is 152 Å². The van der Waals surface area contributed by atoms with Crippen LogP contribution in [0.15, 0.2) is 59.8 Å². The van der Waals surface area contributed by atoms with Gasteiger partial charge in [-0.1, -0.05) is 42.1 Å². The van der Waals surface area contributed by atoms with E-state index in [1.807, 2.05) is 30.3 Å². The summed E-state index contributed by atoms with van der Waals surface area (Å²) in [6.45, 7) is 1.68. The van der Waals surface area contributed by atoms with Gasteiger partial charge in [0.1, 0.15) is 5.69 Å². The van der Waals surface area contributed by atoms with Crippen molar-refractivity contribution in [2.75, 3.05) is 5.32 Å². The molecule has 3 rings (SSSR count). The van der Waals surface area contributed by atoms with Crippen LogP contribution in [0.1, 0.15) is 6.92 Å². The summed E-state index contributed by atoms with van der Waals surface area (Å²) >= 11 is 1.16. The Balaban J connectivity index is 1.74. The maximum Gasteiger partial charge on any atom is 0.292 e. The lowest BCUT2D eigenvalue weighted by molar-refractivity contribution is -0.383. The van der Waals surface area contributed by atoms with E-state index in [-0.39, 0.29) is 17.3 Å². The highest BCUT2D eigenvalue weighted by Crippen LogP contribution is 2.27. The summed E-state index contributed by atoms with van der Waals surface area (Å²) in [4.78, 5) is 22.9. The maximum atomic E-state index is 12.4. The summed E-state index contributed by atoms with van der Waals surface area (Å²) in [5, 5.41) is 25.0. The Morgan fingerprint density at radius 1 is 1.19 bits per heavy atom. The Morgan fingerprint density at radius 2 is 1.88 bits per heavy atom. The van der Waals surface area contributed by atoms with Crippen molar-refractivity contribution in [1.82, 2.24) is 20.2 Å². The molecule has 9 nitrogen and oxygen atoms in total. The smallest absolute Gasteiger partial charge is 0.292 e. The average molecular weight is 370 g/mol. The molecule has 26 heavy (non-hydrogen) atoms. The molecule has 0 aliphatic carbocycles. The number of para-hydroxylation sites is 3. The van der Waals surface area contributed by atoms with Crippen molar-refractivity contribution in [1.29, 1.82) is 0 Å². The van der Waals surface area contributed by atoms with Crippen LogP contribution in [0, 0.1) is 10.1 Å². The minimum absolute atomic E-state index is 0.151. The van der Waals surface area contributed by atoms with Crippen LogP contribution >= 0.6 is 11.8 Å². The van der Waals surface area contributed by atoms with Gasteiger partial charge < -0.3 is 5.32 Å². The van der Waals surface area contributed by atoms with Crippen molar-refractivity contribution < 1.29 is 9.72 Å². The Morgan fingerprint density at radius 3 is 2.62 bits per heavy atom. The van der Waals surface area contributed by atoms with E-state index in [0.29, 0.717) is 5.16 Å². The molecule has 0 radical (unpaired) electrons. The topological polar surface area (TPSA) is 116 Å². The first-order chi connectivity index (χ1) is 12.6. The number of aromatic nitrogens is 4. The molecule has 0 saturated heterocycles. The first-order valence-corrected chi connectivity index (χ1v) is 8.49. The number of nitro benzene ring substituents is 1. The quantitative estimate of drug-likeness (QED) is 0.403. The van der Waals surface area contributed by atoms with E-state index in [9.17, 15) is 14.9 Å². The molecule has 2 aromatic carbocycles. The third-order valence-electron chi connectivity index (χ3n) is 3.45. The number of nitro groups is 1. The van der Waals surface area contributed by atoms with Gasteiger partial charge in [0, 0.05) is 6.07 Å². The predicted molar refractivity (Wildman–Crippen MR) is 96.2 cm³/mol. The summed E-state index contributed by atoms with van der Waals surface area (Å²) < 4.78 is 1.53. The molecular weight excluding hydrogens is 356 g/mol. The Hall–Kier alpha value is -3.27. The van der Waals surface area contributed by atoms with Crippen molar-refractivity contribution in [3.8, 4) is 5.69 Å². The van der Waals surface area contributed by atoms with Crippen LogP contribution in [0.4, 0.5) is 11.4 Å². The second-order valence-electron chi connectivity index (χ2n) is 5.23. The molecule has 3 aromatic rings. The lowest BCUT2D eigenvalue weighted by atomic mass is 10.2. The van der Waals surface area contributed by atoms with Gasteiger partial charge in [0.15, 0.2) is 0 Å². The SMILES string of the molecule is C[C@H](Sc1nnnn1-c1ccccc1)C(=O)Nc1ccccc1[N+](=O)[O-]. The summed E-state index contributed by atoms with van der Waals surface area (Å²) in [5.41, 5.74) is 0.760. The lowest BCUT2D eigenvalue weighted by Gasteiger charge is -2.11. The van der Waals surface area contributed by atoms with Crippen molar-refractivity contribution in [3.05, 3.63) is 64.7 Å². The van der Waals surface area contributed by atoms with Gasteiger partial charge in [-0.2, -0.15) is 4.68 Å². The van der Waals surface area contributed by atoms with Gasteiger partial charge in [-0.05, 0) is 35.5 Å². The van der Waals surface area contributed by atoms with E-state index >= 15 is 0 Å². The molecule has 10 heteroatoms.